The fourth-order valence-electron chi connectivity index (χ4n) is 5.91. The number of nitrogens with zero attached hydrogens (tertiary/aromatic N) is 2. The van der Waals surface area contributed by atoms with Gasteiger partial charge in [-0.3, -0.25) is 14.3 Å². The van der Waals surface area contributed by atoms with E-state index in [1.54, 1.807) is 42.3 Å². The lowest BCUT2D eigenvalue weighted by atomic mass is 9.75. The summed E-state index contributed by atoms with van der Waals surface area (Å²) >= 11 is 3.45. The number of carbonyl (C=O) groups is 2. The second kappa shape index (κ2) is 9.36. The van der Waals surface area contributed by atoms with E-state index in [0.29, 0.717) is 17.7 Å². The smallest absolute Gasteiger partial charge is 0.313 e. The van der Waals surface area contributed by atoms with Crippen LogP contribution < -0.4 is 9.47 Å². The Morgan fingerprint density at radius 3 is 2.38 bits per heavy atom. The SMILES string of the molecule is COC(=O)[C@H]1[C@@H](c2ccccc2)[C@]2(c3ccc(Br)cc3)Oc3cn(Cc4ccc(OC)cc4)nc3[C@@]1(O)C2=O. The molecule has 198 valence electrons. The van der Waals surface area contributed by atoms with Crippen LogP contribution in [0.5, 0.6) is 11.5 Å². The molecule has 1 saturated carbocycles. The Morgan fingerprint density at radius 2 is 1.74 bits per heavy atom. The lowest BCUT2D eigenvalue weighted by molar-refractivity contribution is -0.163. The molecule has 39 heavy (non-hydrogen) atoms. The van der Waals surface area contributed by atoms with Gasteiger partial charge in [-0.1, -0.05) is 70.5 Å². The number of halogens is 1. The zero-order valence-corrected chi connectivity index (χ0v) is 22.8. The quantitative estimate of drug-likeness (QED) is 0.334. The predicted molar refractivity (Wildman–Crippen MR) is 144 cm³/mol. The van der Waals surface area contributed by atoms with Gasteiger partial charge in [-0.05, 0) is 35.4 Å². The molecule has 0 radical (unpaired) electrons. The molecular formula is C30H25BrN2O6. The van der Waals surface area contributed by atoms with Gasteiger partial charge in [0.05, 0.1) is 32.9 Å². The van der Waals surface area contributed by atoms with Gasteiger partial charge >= 0.3 is 5.97 Å². The second-order valence-electron chi connectivity index (χ2n) is 9.72. The maximum absolute atomic E-state index is 14.5. The van der Waals surface area contributed by atoms with Gasteiger partial charge in [0, 0.05) is 10.0 Å². The van der Waals surface area contributed by atoms with Crippen molar-refractivity contribution >= 4 is 27.7 Å². The Kier molecular flexibility index (Phi) is 6.08. The minimum Gasteiger partial charge on any atom is -0.497 e. The molecule has 0 unspecified atom stereocenters. The molecule has 2 bridgehead atoms. The van der Waals surface area contributed by atoms with Crippen LogP contribution in [-0.4, -0.2) is 40.9 Å². The van der Waals surface area contributed by atoms with Crippen molar-refractivity contribution in [2.24, 2.45) is 5.92 Å². The van der Waals surface area contributed by atoms with Crippen LogP contribution in [-0.2, 0) is 32.1 Å². The van der Waals surface area contributed by atoms with Crippen molar-refractivity contribution in [3.8, 4) is 11.5 Å². The summed E-state index contributed by atoms with van der Waals surface area (Å²) in [6.45, 7) is 0.348. The third kappa shape index (κ3) is 3.71. The standard InChI is InChI=1S/C30H25BrN2O6/c1-37-22-14-8-18(9-15-22)16-33-17-23-26(32-33)29(36)25(27(34)38-2)24(19-6-4-3-5-7-19)30(39-23,28(29)35)20-10-12-21(31)13-11-20/h3-15,17,24-25,36H,16H2,1-2H3/t24-,25-,29-,30+/m1/s1. The molecule has 9 heteroatoms. The van der Waals surface area contributed by atoms with E-state index in [1.165, 1.54) is 7.11 Å². The van der Waals surface area contributed by atoms with Crippen molar-refractivity contribution < 1.29 is 28.9 Å². The van der Waals surface area contributed by atoms with E-state index in [-0.39, 0.29) is 11.4 Å². The lowest BCUT2D eigenvalue weighted by Crippen LogP contribution is -2.51. The Bertz CT molecular complexity index is 1550. The van der Waals surface area contributed by atoms with Crippen LogP contribution >= 0.6 is 15.9 Å². The van der Waals surface area contributed by atoms with Gasteiger partial charge in [-0.2, -0.15) is 5.10 Å². The lowest BCUT2D eigenvalue weighted by Gasteiger charge is -2.37. The van der Waals surface area contributed by atoms with Gasteiger partial charge in [0.15, 0.2) is 11.4 Å². The zero-order chi connectivity index (χ0) is 27.4. The number of hydrogen-bond acceptors (Lipinski definition) is 7. The highest BCUT2D eigenvalue weighted by Gasteiger charge is 2.77. The predicted octanol–water partition coefficient (Wildman–Crippen LogP) is 4.33. The average molecular weight is 589 g/mol. The highest BCUT2D eigenvalue weighted by Crippen LogP contribution is 2.64. The number of fused-ring (bicyclic) bond motifs is 4. The highest BCUT2D eigenvalue weighted by molar-refractivity contribution is 9.10. The maximum atomic E-state index is 14.5. The van der Waals surface area contributed by atoms with Gasteiger partial charge in [0.25, 0.3) is 0 Å². The van der Waals surface area contributed by atoms with Crippen molar-refractivity contribution in [3.05, 3.63) is 112 Å². The van der Waals surface area contributed by atoms with Gasteiger partial charge in [-0.15, -0.1) is 0 Å². The molecule has 2 aliphatic rings. The zero-order valence-electron chi connectivity index (χ0n) is 21.2. The molecule has 3 aromatic carbocycles. The molecule has 1 N–H and O–H groups in total. The monoisotopic (exact) mass is 588 g/mol. The second-order valence-corrected chi connectivity index (χ2v) is 10.6. The number of ether oxygens (including phenoxy) is 3. The van der Waals surface area contributed by atoms with Crippen LogP contribution in [0.2, 0.25) is 0 Å². The Labute approximate surface area is 233 Å². The third-order valence-corrected chi connectivity index (χ3v) is 8.18. The summed E-state index contributed by atoms with van der Waals surface area (Å²) in [5.74, 6) is -2.59. The van der Waals surface area contributed by atoms with Crippen LogP contribution in [0.25, 0.3) is 0 Å². The number of aromatic nitrogens is 2. The number of rotatable bonds is 6. The van der Waals surface area contributed by atoms with Crippen molar-refractivity contribution in [3.63, 3.8) is 0 Å². The van der Waals surface area contributed by atoms with Crippen LogP contribution in [0, 0.1) is 5.92 Å². The Balaban J connectivity index is 1.55. The molecule has 0 spiro atoms. The normalized spacial score (nSPS) is 25.1. The number of esters is 1. The molecule has 6 rings (SSSR count). The van der Waals surface area contributed by atoms with Crippen molar-refractivity contribution in [2.75, 3.05) is 14.2 Å². The molecule has 0 amide bonds. The Morgan fingerprint density at radius 1 is 1.05 bits per heavy atom. The largest absolute Gasteiger partial charge is 0.497 e. The van der Waals surface area contributed by atoms with Crippen LogP contribution in [0.3, 0.4) is 0 Å². The van der Waals surface area contributed by atoms with E-state index in [0.717, 1.165) is 15.8 Å². The van der Waals surface area contributed by atoms with E-state index in [4.69, 9.17) is 14.2 Å². The first-order valence-corrected chi connectivity index (χ1v) is 13.2. The first-order valence-electron chi connectivity index (χ1n) is 12.4. The fourth-order valence-corrected chi connectivity index (χ4v) is 6.17. The molecule has 1 aliphatic carbocycles. The number of Topliss-reactive ketones (excluding diaryl/α,β-unsaturated/α-hetero) is 1. The first-order chi connectivity index (χ1) is 18.8. The number of ketones is 1. The number of aliphatic hydroxyl groups is 1. The van der Waals surface area contributed by atoms with Gasteiger partial charge < -0.3 is 19.3 Å². The van der Waals surface area contributed by atoms with Crippen LogP contribution in [0.4, 0.5) is 0 Å². The topological polar surface area (TPSA) is 99.9 Å². The first kappa shape index (κ1) is 25.3. The molecule has 8 nitrogen and oxygen atoms in total. The highest BCUT2D eigenvalue weighted by atomic mass is 79.9. The van der Waals surface area contributed by atoms with Crippen molar-refractivity contribution in [1.29, 1.82) is 0 Å². The minimum atomic E-state index is -2.28. The van der Waals surface area contributed by atoms with Crippen LogP contribution in [0.1, 0.15) is 28.3 Å². The van der Waals surface area contributed by atoms with E-state index in [1.807, 2.05) is 54.6 Å². The average Bonchev–Trinajstić information content (AvgIpc) is 3.42. The molecule has 4 aromatic rings. The van der Waals surface area contributed by atoms with Crippen LogP contribution in [0.15, 0.2) is 89.5 Å². The van der Waals surface area contributed by atoms with Gasteiger partial charge in [0.2, 0.25) is 11.4 Å². The van der Waals surface area contributed by atoms with Crippen molar-refractivity contribution in [2.45, 2.75) is 23.7 Å². The molecule has 4 atom stereocenters. The van der Waals surface area contributed by atoms with Crippen molar-refractivity contribution in [1.82, 2.24) is 9.78 Å². The third-order valence-electron chi connectivity index (χ3n) is 7.66. The molecule has 1 aromatic heterocycles. The van der Waals surface area contributed by atoms with Gasteiger partial charge in [-0.25, -0.2) is 0 Å². The van der Waals surface area contributed by atoms with E-state index < -0.39 is 34.8 Å². The number of hydrogen-bond donors (Lipinski definition) is 1. The summed E-state index contributed by atoms with van der Waals surface area (Å²) in [4.78, 5) is 27.9. The molecular weight excluding hydrogens is 564 g/mol. The van der Waals surface area contributed by atoms with E-state index >= 15 is 0 Å². The number of benzene rings is 3. The molecule has 1 fully saturated rings. The maximum Gasteiger partial charge on any atom is 0.313 e. The summed E-state index contributed by atoms with van der Waals surface area (Å²) < 4.78 is 19.5. The summed E-state index contributed by atoms with van der Waals surface area (Å²) in [6.07, 6.45) is 1.66. The number of carbonyl (C=O) groups excluding carboxylic acids is 2. The minimum absolute atomic E-state index is 0.00239. The molecule has 0 saturated heterocycles. The summed E-state index contributed by atoms with van der Waals surface area (Å²) in [5.41, 5.74) is -1.87. The van der Waals surface area contributed by atoms with E-state index in [2.05, 4.69) is 21.0 Å². The molecule has 1 aliphatic heterocycles. The number of methoxy groups -OCH3 is 2. The summed E-state index contributed by atoms with van der Waals surface area (Å²) in [6, 6.07) is 23.8. The molecule has 2 heterocycles. The summed E-state index contributed by atoms with van der Waals surface area (Å²) in [5, 5.41) is 16.9. The van der Waals surface area contributed by atoms with E-state index in [9.17, 15) is 14.7 Å². The fraction of sp³-hybridized carbons (Fsp3) is 0.233. The summed E-state index contributed by atoms with van der Waals surface area (Å²) in [7, 11) is 2.85. The Hall–Kier alpha value is -3.95. The van der Waals surface area contributed by atoms with Gasteiger partial charge in [0.1, 0.15) is 17.4 Å².